The zero-order valence-corrected chi connectivity index (χ0v) is 12.4. The SMILES string of the molecule is CC(C)c1ccc(C(O)CNC2(C)CCCC2)cc1. The largest absolute Gasteiger partial charge is 0.387 e. The van der Waals surface area contributed by atoms with Crippen LogP contribution in [0.4, 0.5) is 0 Å². The maximum Gasteiger partial charge on any atom is 0.0914 e. The van der Waals surface area contributed by atoms with Gasteiger partial charge in [-0.1, -0.05) is 51.0 Å². The van der Waals surface area contributed by atoms with Gasteiger partial charge in [-0.3, -0.25) is 0 Å². The molecule has 1 aliphatic rings. The number of aliphatic hydroxyl groups is 1. The Morgan fingerprint density at radius 2 is 1.63 bits per heavy atom. The standard InChI is InChI=1S/C17H27NO/c1-13(2)14-6-8-15(9-7-14)16(19)12-18-17(3)10-4-5-11-17/h6-9,13,16,18-19H,4-5,10-12H2,1-3H3. The molecule has 0 bridgehead atoms. The van der Waals surface area contributed by atoms with Gasteiger partial charge in [-0.2, -0.15) is 0 Å². The fourth-order valence-corrected chi connectivity index (χ4v) is 2.90. The molecule has 2 heteroatoms. The number of rotatable bonds is 5. The lowest BCUT2D eigenvalue weighted by atomic mass is 9.98. The van der Waals surface area contributed by atoms with E-state index in [1.54, 1.807) is 0 Å². The number of nitrogens with one attached hydrogen (secondary N) is 1. The fourth-order valence-electron chi connectivity index (χ4n) is 2.90. The Hall–Kier alpha value is -0.860. The summed E-state index contributed by atoms with van der Waals surface area (Å²) >= 11 is 0. The number of aliphatic hydroxyl groups excluding tert-OH is 1. The van der Waals surface area contributed by atoms with E-state index in [2.05, 4.69) is 50.4 Å². The predicted molar refractivity (Wildman–Crippen MR) is 80.4 cm³/mol. The van der Waals surface area contributed by atoms with Crippen molar-refractivity contribution in [2.75, 3.05) is 6.54 Å². The van der Waals surface area contributed by atoms with E-state index in [1.807, 2.05) is 0 Å². The van der Waals surface area contributed by atoms with E-state index in [4.69, 9.17) is 0 Å². The Labute approximate surface area is 117 Å². The van der Waals surface area contributed by atoms with E-state index >= 15 is 0 Å². The summed E-state index contributed by atoms with van der Waals surface area (Å²) in [5.41, 5.74) is 2.57. The maximum absolute atomic E-state index is 10.3. The van der Waals surface area contributed by atoms with Gasteiger partial charge in [-0.05, 0) is 36.8 Å². The molecule has 1 unspecified atom stereocenters. The van der Waals surface area contributed by atoms with Gasteiger partial charge in [-0.25, -0.2) is 0 Å². The molecular formula is C17H27NO. The molecule has 0 heterocycles. The van der Waals surface area contributed by atoms with Gasteiger partial charge in [0.15, 0.2) is 0 Å². The summed E-state index contributed by atoms with van der Waals surface area (Å²) in [6.45, 7) is 7.30. The zero-order chi connectivity index (χ0) is 13.9. The molecule has 0 radical (unpaired) electrons. The van der Waals surface area contributed by atoms with Gasteiger partial charge < -0.3 is 10.4 Å². The lowest BCUT2D eigenvalue weighted by Gasteiger charge is -2.27. The van der Waals surface area contributed by atoms with Crippen molar-refractivity contribution >= 4 is 0 Å². The van der Waals surface area contributed by atoms with Crippen LogP contribution in [-0.4, -0.2) is 17.2 Å². The molecule has 0 aromatic heterocycles. The van der Waals surface area contributed by atoms with Crippen LogP contribution in [0, 0.1) is 0 Å². The average molecular weight is 261 g/mol. The molecule has 0 amide bonds. The van der Waals surface area contributed by atoms with Crippen molar-refractivity contribution in [3.63, 3.8) is 0 Å². The van der Waals surface area contributed by atoms with Crippen molar-refractivity contribution in [2.24, 2.45) is 0 Å². The molecular weight excluding hydrogens is 234 g/mol. The van der Waals surface area contributed by atoms with Gasteiger partial charge in [0.2, 0.25) is 0 Å². The molecule has 0 saturated heterocycles. The lowest BCUT2D eigenvalue weighted by molar-refractivity contribution is 0.159. The Kier molecular flexibility index (Phi) is 4.64. The van der Waals surface area contributed by atoms with Gasteiger partial charge in [0.05, 0.1) is 6.10 Å². The minimum atomic E-state index is -0.404. The van der Waals surface area contributed by atoms with Crippen LogP contribution >= 0.6 is 0 Å². The molecule has 1 fully saturated rings. The molecule has 1 aliphatic carbocycles. The molecule has 2 rings (SSSR count). The topological polar surface area (TPSA) is 32.3 Å². The van der Waals surface area contributed by atoms with Gasteiger partial charge >= 0.3 is 0 Å². The van der Waals surface area contributed by atoms with E-state index < -0.39 is 6.10 Å². The third-order valence-corrected chi connectivity index (χ3v) is 4.42. The van der Waals surface area contributed by atoms with Crippen molar-refractivity contribution in [1.82, 2.24) is 5.32 Å². The van der Waals surface area contributed by atoms with Gasteiger partial charge in [0.25, 0.3) is 0 Å². The molecule has 106 valence electrons. The van der Waals surface area contributed by atoms with Gasteiger partial charge in [0.1, 0.15) is 0 Å². The molecule has 19 heavy (non-hydrogen) atoms. The smallest absolute Gasteiger partial charge is 0.0914 e. The van der Waals surface area contributed by atoms with Crippen LogP contribution in [-0.2, 0) is 0 Å². The van der Waals surface area contributed by atoms with Crippen molar-refractivity contribution in [2.45, 2.75) is 64.0 Å². The Balaban J connectivity index is 1.90. The second kappa shape index (κ2) is 6.06. The van der Waals surface area contributed by atoms with E-state index in [0.29, 0.717) is 12.5 Å². The van der Waals surface area contributed by atoms with Gasteiger partial charge in [-0.15, -0.1) is 0 Å². The third-order valence-electron chi connectivity index (χ3n) is 4.42. The molecule has 0 aliphatic heterocycles. The van der Waals surface area contributed by atoms with Crippen LogP contribution < -0.4 is 5.32 Å². The summed E-state index contributed by atoms with van der Waals surface area (Å²) in [4.78, 5) is 0. The van der Waals surface area contributed by atoms with Crippen LogP contribution in [0.2, 0.25) is 0 Å². The minimum Gasteiger partial charge on any atom is -0.387 e. The first-order valence-corrected chi connectivity index (χ1v) is 7.53. The van der Waals surface area contributed by atoms with Crippen LogP contribution in [0.1, 0.15) is 69.6 Å². The van der Waals surface area contributed by atoms with E-state index in [9.17, 15) is 5.11 Å². The summed E-state index contributed by atoms with van der Waals surface area (Å²) in [5.74, 6) is 0.543. The molecule has 1 saturated carbocycles. The van der Waals surface area contributed by atoms with E-state index in [-0.39, 0.29) is 5.54 Å². The Morgan fingerprint density at radius 1 is 1.11 bits per heavy atom. The molecule has 2 N–H and O–H groups in total. The zero-order valence-electron chi connectivity index (χ0n) is 12.4. The second-order valence-electron chi connectivity index (χ2n) is 6.49. The summed E-state index contributed by atoms with van der Waals surface area (Å²) in [6.07, 6.45) is 4.67. The Morgan fingerprint density at radius 3 is 2.16 bits per heavy atom. The third kappa shape index (κ3) is 3.80. The number of benzene rings is 1. The summed E-state index contributed by atoms with van der Waals surface area (Å²) < 4.78 is 0. The van der Waals surface area contributed by atoms with Crippen molar-refractivity contribution in [3.05, 3.63) is 35.4 Å². The first-order valence-electron chi connectivity index (χ1n) is 7.53. The molecule has 1 aromatic carbocycles. The molecule has 0 spiro atoms. The highest BCUT2D eigenvalue weighted by molar-refractivity contribution is 5.26. The van der Waals surface area contributed by atoms with Crippen LogP contribution in [0.5, 0.6) is 0 Å². The highest BCUT2D eigenvalue weighted by Crippen LogP contribution is 2.29. The summed E-state index contributed by atoms with van der Waals surface area (Å²) in [6, 6.07) is 8.36. The highest BCUT2D eigenvalue weighted by Gasteiger charge is 2.28. The number of hydrogen-bond donors (Lipinski definition) is 2. The minimum absolute atomic E-state index is 0.235. The van der Waals surface area contributed by atoms with Crippen LogP contribution in [0.25, 0.3) is 0 Å². The monoisotopic (exact) mass is 261 g/mol. The number of β-amino-alcohol motifs (C(OH)–C–C–N with tert-alkyl or cyclic N) is 1. The van der Waals surface area contributed by atoms with Crippen LogP contribution in [0.15, 0.2) is 24.3 Å². The van der Waals surface area contributed by atoms with Crippen molar-refractivity contribution in [3.8, 4) is 0 Å². The predicted octanol–water partition coefficient (Wildman–Crippen LogP) is 3.77. The van der Waals surface area contributed by atoms with E-state index in [0.717, 1.165) is 5.56 Å². The Bertz CT molecular complexity index is 390. The van der Waals surface area contributed by atoms with E-state index in [1.165, 1.54) is 31.2 Å². The first kappa shape index (κ1) is 14.5. The summed E-state index contributed by atoms with van der Waals surface area (Å²) in [5, 5.41) is 13.8. The first-order chi connectivity index (χ1) is 9.00. The van der Waals surface area contributed by atoms with Crippen molar-refractivity contribution in [1.29, 1.82) is 0 Å². The second-order valence-corrected chi connectivity index (χ2v) is 6.49. The van der Waals surface area contributed by atoms with Gasteiger partial charge in [0, 0.05) is 12.1 Å². The van der Waals surface area contributed by atoms with Crippen LogP contribution in [0.3, 0.4) is 0 Å². The van der Waals surface area contributed by atoms with Crippen molar-refractivity contribution < 1.29 is 5.11 Å². The molecule has 1 atom stereocenters. The quantitative estimate of drug-likeness (QED) is 0.845. The summed E-state index contributed by atoms with van der Waals surface area (Å²) in [7, 11) is 0. The highest BCUT2D eigenvalue weighted by atomic mass is 16.3. The average Bonchev–Trinajstić information content (AvgIpc) is 2.83. The number of hydrogen-bond acceptors (Lipinski definition) is 2. The fraction of sp³-hybridized carbons (Fsp3) is 0.647. The molecule has 2 nitrogen and oxygen atoms in total. The maximum atomic E-state index is 10.3. The molecule has 1 aromatic rings. The lowest BCUT2D eigenvalue weighted by Crippen LogP contribution is -2.41. The normalized spacial score (nSPS) is 19.8.